The summed E-state index contributed by atoms with van der Waals surface area (Å²) < 4.78 is 1.00. The lowest BCUT2D eigenvalue weighted by Gasteiger charge is -2.24. The molecule has 0 spiro atoms. The van der Waals surface area contributed by atoms with Crippen LogP contribution in [0.3, 0.4) is 0 Å². The van der Waals surface area contributed by atoms with E-state index in [9.17, 15) is 0 Å². The van der Waals surface area contributed by atoms with E-state index in [0.29, 0.717) is 0 Å². The van der Waals surface area contributed by atoms with E-state index in [4.69, 9.17) is 0 Å². The fourth-order valence-electron chi connectivity index (χ4n) is 2.95. The van der Waals surface area contributed by atoms with Gasteiger partial charge in [0.25, 0.3) is 0 Å². The van der Waals surface area contributed by atoms with Crippen molar-refractivity contribution in [1.29, 1.82) is 0 Å². The molecule has 0 bridgehead atoms. The lowest BCUT2D eigenvalue weighted by Crippen LogP contribution is -2.26. The van der Waals surface area contributed by atoms with E-state index in [2.05, 4.69) is 56.9 Å². The molecule has 21 heavy (non-hydrogen) atoms. The molecule has 1 aromatic rings. The maximum atomic E-state index is 4.51. The summed E-state index contributed by atoms with van der Waals surface area (Å²) >= 11 is 3.69. The highest BCUT2D eigenvalue weighted by molar-refractivity contribution is 9.10. The van der Waals surface area contributed by atoms with Crippen LogP contribution in [0, 0.1) is 11.8 Å². The van der Waals surface area contributed by atoms with Crippen LogP contribution in [0.1, 0.15) is 46.5 Å². The average Bonchev–Trinajstić information content (AvgIpc) is 2.72. The first kappa shape index (κ1) is 16.5. The molecule has 0 aromatic carbocycles. The third kappa shape index (κ3) is 4.31. The van der Waals surface area contributed by atoms with Gasteiger partial charge in [-0.1, -0.05) is 20.8 Å². The Morgan fingerprint density at radius 1 is 1.33 bits per heavy atom. The molecule has 2 rings (SSSR count). The summed E-state index contributed by atoms with van der Waals surface area (Å²) in [7, 11) is 0. The van der Waals surface area contributed by atoms with Crippen molar-refractivity contribution < 1.29 is 0 Å². The molecule has 2 heterocycles. The summed E-state index contributed by atoms with van der Waals surface area (Å²) in [6, 6.07) is 0. The average molecular weight is 355 g/mol. The number of hydrogen-bond donors (Lipinski definition) is 1. The first-order valence-corrected chi connectivity index (χ1v) is 8.92. The van der Waals surface area contributed by atoms with E-state index in [1.165, 1.54) is 19.3 Å². The van der Waals surface area contributed by atoms with Gasteiger partial charge >= 0.3 is 0 Å². The van der Waals surface area contributed by atoms with Gasteiger partial charge < -0.3 is 10.2 Å². The maximum absolute atomic E-state index is 4.51. The van der Waals surface area contributed by atoms with E-state index in [0.717, 1.165) is 54.0 Å². The normalized spacial score (nSPS) is 19.7. The van der Waals surface area contributed by atoms with Gasteiger partial charge in [-0.15, -0.1) is 0 Å². The van der Waals surface area contributed by atoms with E-state index in [1.807, 2.05) is 0 Å². The third-order valence-electron chi connectivity index (χ3n) is 4.33. The van der Waals surface area contributed by atoms with Gasteiger partial charge in [0, 0.05) is 19.6 Å². The third-order valence-corrected chi connectivity index (χ3v) is 5.06. The number of aromatic nitrogens is 2. The minimum absolute atomic E-state index is 0.778. The van der Waals surface area contributed by atoms with Crippen molar-refractivity contribution in [3.05, 3.63) is 10.8 Å². The zero-order valence-electron chi connectivity index (χ0n) is 13.4. The van der Waals surface area contributed by atoms with Crippen molar-refractivity contribution in [1.82, 2.24) is 9.97 Å². The quantitative estimate of drug-likeness (QED) is 0.854. The van der Waals surface area contributed by atoms with E-state index in [-0.39, 0.29) is 0 Å². The molecule has 0 amide bonds. The number of rotatable bonds is 5. The minimum Gasteiger partial charge on any atom is -0.369 e. The summed E-state index contributed by atoms with van der Waals surface area (Å²) in [6.45, 7) is 9.95. The SMILES string of the molecule is CCCNc1ncnc(N2CCCC(C(C)C)CC2)c1Br. The van der Waals surface area contributed by atoms with Crippen LogP contribution < -0.4 is 10.2 Å². The van der Waals surface area contributed by atoms with Gasteiger partial charge in [0.15, 0.2) is 0 Å². The zero-order valence-corrected chi connectivity index (χ0v) is 15.0. The Balaban J connectivity index is 2.10. The van der Waals surface area contributed by atoms with Crippen LogP contribution in [0.15, 0.2) is 10.8 Å². The molecular formula is C16H27BrN4. The second kappa shape index (κ2) is 7.97. The monoisotopic (exact) mass is 354 g/mol. The van der Waals surface area contributed by atoms with Crippen LogP contribution in [0.5, 0.6) is 0 Å². The van der Waals surface area contributed by atoms with Crippen LogP contribution >= 0.6 is 15.9 Å². The minimum atomic E-state index is 0.778. The van der Waals surface area contributed by atoms with Crippen molar-refractivity contribution in [2.45, 2.75) is 46.5 Å². The molecule has 1 fully saturated rings. The largest absolute Gasteiger partial charge is 0.369 e. The number of hydrogen-bond acceptors (Lipinski definition) is 4. The Morgan fingerprint density at radius 2 is 2.14 bits per heavy atom. The molecule has 0 aliphatic carbocycles. The summed E-state index contributed by atoms with van der Waals surface area (Å²) in [5, 5.41) is 3.36. The fraction of sp³-hybridized carbons (Fsp3) is 0.750. The molecule has 1 aromatic heterocycles. The summed E-state index contributed by atoms with van der Waals surface area (Å²) in [4.78, 5) is 11.3. The lowest BCUT2D eigenvalue weighted by molar-refractivity contribution is 0.351. The molecule has 5 heteroatoms. The Bertz CT molecular complexity index is 450. The standard InChI is InChI=1S/C16H27BrN4/c1-4-8-18-15-14(17)16(20-11-19-15)21-9-5-6-13(7-10-21)12(2)3/h11-13H,4-10H2,1-3H3,(H,18,19,20). The van der Waals surface area contributed by atoms with Gasteiger partial charge in [0.1, 0.15) is 22.4 Å². The molecular weight excluding hydrogens is 328 g/mol. The number of anilines is 2. The van der Waals surface area contributed by atoms with Crippen LogP contribution in [-0.2, 0) is 0 Å². The number of nitrogens with zero attached hydrogens (tertiary/aromatic N) is 3. The van der Waals surface area contributed by atoms with Gasteiger partial charge in [-0.2, -0.15) is 0 Å². The van der Waals surface area contributed by atoms with E-state index >= 15 is 0 Å². The fourth-order valence-corrected chi connectivity index (χ4v) is 3.54. The number of nitrogens with one attached hydrogen (secondary N) is 1. The Labute approximate surface area is 136 Å². The Morgan fingerprint density at radius 3 is 2.86 bits per heavy atom. The summed E-state index contributed by atoms with van der Waals surface area (Å²) in [5.74, 6) is 3.56. The predicted molar refractivity (Wildman–Crippen MR) is 92.9 cm³/mol. The summed E-state index contributed by atoms with van der Waals surface area (Å²) in [5.41, 5.74) is 0. The second-order valence-corrected chi connectivity index (χ2v) is 7.00. The highest BCUT2D eigenvalue weighted by Crippen LogP contribution is 2.32. The number of halogens is 1. The molecule has 0 saturated carbocycles. The Kier molecular flexibility index (Phi) is 6.27. The molecule has 1 aliphatic heterocycles. The van der Waals surface area contributed by atoms with Crippen molar-refractivity contribution in [3.63, 3.8) is 0 Å². The smallest absolute Gasteiger partial charge is 0.148 e. The molecule has 1 atom stereocenters. The summed E-state index contributed by atoms with van der Waals surface area (Å²) in [6.07, 6.45) is 6.59. The van der Waals surface area contributed by atoms with Crippen molar-refractivity contribution >= 4 is 27.6 Å². The van der Waals surface area contributed by atoms with Gasteiger partial charge in [-0.05, 0) is 53.4 Å². The molecule has 1 unspecified atom stereocenters. The van der Waals surface area contributed by atoms with Crippen LogP contribution in [0.25, 0.3) is 0 Å². The van der Waals surface area contributed by atoms with Gasteiger partial charge in [0.05, 0.1) is 0 Å². The highest BCUT2D eigenvalue weighted by Gasteiger charge is 2.22. The molecule has 0 radical (unpaired) electrons. The molecule has 4 nitrogen and oxygen atoms in total. The van der Waals surface area contributed by atoms with Crippen molar-refractivity contribution in [3.8, 4) is 0 Å². The van der Waals surface area contributed by atoms with Gasteiger partial charge in [0.2, 0.25) is 0 Å². The maximum Gasteiger partial charge on any atom is 0.148 e. The van der Waals surface area contributed by atoms with Crippen molar-refractivity contribution in [2.75, 3.05) is 29.9 Å². The van der Waals surface area contributed by atoms with Crippen LogP contribution in [-0.4, -0.2) is 29.6 Å². The first-order valence-electron chi connectivity index (χ1n) is 8.12. The van der Waals surface area contributed by atoms with E-state index < -0.39 is 0 Å². The van der Waals surface area contributed by atoms with Gasteiger partial charge in [-0.25, -0.2) is 9.97 Å². The Hall–Kier alpha value is -0.840. The zero-order chi connectivity index (χ0) is 15.2. The molecule has 1 saturated heterocycles. The highest BCUT2D eigenvalue weighted by atomic mass is 79.9. The second-order valence-electron chi connectivity index (χ2n) is 6.21. The van der Waals surface area contributed by atoms with Gasteiger partial charge in [-0.3, -0.25) is 0 Å². The van der Waals surface area contributed by atoms with Crippen molar-refractivity contribution in [2.24, 2.45) is 11.8 Å². The topological polar surface area (TPSA) is 41.1 Å². The molecule has 118 valence electrons. The van der Waals surface area contributed by atoms with Crippen LogP contribution in [0.2, 0.25) is 0 Å². The van der Waals surface area contributed by atoms with E-state index in [1.54, 1.807) is 6.33 Å². The first-order chi connectivity index (χ1) is 10.1. The van der Waals surface area contributed by atoms with Crippen LogP contribution in [0.4, 0.5) is 11.6 Å². The molecule has 1 N–H and O–H groups in total. The molecule has 1 aliphatic rings. The lowest BCUT2D eigenvalue weighted by atomic mass is 9.89. The predicted octanol–water partition coefficient (Wildman–Crippen LogP) is 4.32.